The van der Waals surface area contributed by atoms with Crippen molar-refractivity contribution in [3.63, 3.8) is 0 Å². The minimum atomic E-state index is -0.106. The van der Waals surface area contributed by atoms with E-state index in [9.17, 15) is 9.59 Å². The number of carbonyl (C=O) groups excluding carboxylic acids is 2. The molecule has 0 unspecified atom stereocenters. The molecule has 102 valence electrons. The van der Waals surface area contributed by atoms with Crippen LogP contribution in [0.5, 0.6) is 0 Å². The molecule has 5 nitrogen and oxygen atoms in total. The van der Waals surface area contributed by atoms with Crippen molar-refractivity contribution in [2.75, 3.05) is 13.6 Å². The zero-order chi connectivity index (χ0) is 13.7. The van der Waals surface area contributed by atoms with Gasteiger partial charge in [0.2, 0.25) is 5.91 Å². The second-order valence-electron chi connectivity index (χ2n) is 4.64. The fraction of sp³-hybridized carbons (Fsp3) is 0.429. The largest absolute Gasteiger partial charge is 0.355 e. The molecule has 2 amide bonds. The van der Waals surface area contributed by atoms with Crippen LogP contribution < -0.4 is 16.0 Å². The summed E-state index contributed by atoms with van der Waals surface area (Å²) in [6.07, 6.45) is 1.96. The highest BCUT2D eigenvalue weighted by molar-refractivity contribution is 5.93. The third kappa shape index (κ3) is 3.54. The second-order valence-corrected chi connectivity index (χ2v) is 4.64. The van der Waals surface area contributed by atoms with E-state index in [0.717, 1.165) is 24.9 Å². The molecule has 3 N–H and O–H groups in total. The minimum Gasteiger partial charge on any atom is -0.355 e. The van der Waals surface area contributed by atoms with Crippen LogP contribution in [0.1, 0.15) is 28.8 Å². The van der Waals surface area contributed by atoms with Crippen LogP contribution in [-0.2, 0) is 11.3 Å². The van der Waals surface area contributed by atoms with Crippen LogP contribution in [0.3, 0.4) is 0 Å². The Kier molecular flexibility index (Phi) is 4.52. The first-order valence-electron chi connectivity index (χ1n) is 6.53. The Morgan fingerprint density at radius 2 is 2.05 bits per heavy atom. The summed E-state index contributed by atoms with van der Waals surface area (Å²) in [5.74, 6) is -0.0568. The van der Waals surface area contributed by atoms with Crippen LogP contribution in [0.15, 0.2) is 24.3 Å². The zero-order valence-corrected chi connectivity index (χ0v) is 11.0. The van der Waals surface area contributed by atoms with Gasteiger partial charge < -0.3 is 16.0 Å². The van der Waals surface area contributed by atoms with Gasteiger partial charge in [-0.05, 0) is 37.1 Å². The van der Waals surface area contributed by atoms with Gasteiger partial charge in [0.05, 0.1) is 6.04 Å². The van der Waals surface area contributed by atoms with E-state index in [2.05, 4.69) is 16.0 Å². The number of hydrogen-bond acceptors (Lipinski definition) is 3. The summed E-state index contributed by atoms with van der Waals surface area (Å²) >= 11 is 0. The van der Waals surface area contributed by atoms with Gasteiger partial charge in [-0.3, -0.25) is 9.59 Å². The highest BCUT2D eigenvalue weighted by Gasteiger charge is 2.21. The first-order chi connectivity index (χ1) is 9.20. The van der Waals surface area contributed by atoms with Crippen LogP contribution in [0.2, 0.25) is 0 Å². The fourth-order valence-electron chi connectivity index (χ4n) is 2.14. The van der Waals surface area contributed by atoms with E-state index in [0.29, 0.717) is 12.1 Å². The number of nitrogens with one attached hydrogen (secondary N) is 3. The molecule has 0 bridgehead atoms. The molecule has 1 aliphatic rings. The van der Waals surface area contributed by atoms with Crippen LogP contribution in [0.25, 0.3) is 0 Å². The molecule has 1 heterocycles. The predicted molar refractivity (Wildman–Crippen MR) is 72.7 cm³/mol. The molecule has 2 rings (SSSR count). The average molecular weight is 261 g/mol. The molecule has 19 heavy (non-hydrogen) atoms. The van der Waals surface area contributed by atoms with Crippen molar-refractivity contribution in [2.24, 2.45) is 0 Å². The first-order valence-corrected chi connectivity index (χ1v) is 6.53. The van der Waals surface area contributed by atoms with Gasteiger partial charge in [-0.25, -0.2) is 0 Å². The van der Waals surface area contributed by atoms with E-state index < -0.39 is 0 Å². The van der Waals surface area contributed by atoms with Gasteiger partial charge in [-0.15, -0.1) is 0 Å². The van der Waals surface area contributed by atoms with Crippen molar-refractivity contribution < 1.29 is 9.59 Å². The molecule has 5 heteroatoms. The molecular formula is C14H19N3O2. The predicted octanol–water partition coefficient (Wildman–Crippen LogP) is 0.414. The highest BCUT2D eigenvalue weighted by Crippen LogP contribution is 2.07. The second kappa shape index (κ2) is 6.33. The van der Waals surface area contributed by atoms with Crippen LogP contribution in [0.4, 0.5) is 0 Å². The third-order valence-corrected chi connectivity index (χ3v) is 3.29. The van der Waals surface area contributed by atoms with Crippen molar-refractivity contribution in [3.05, 3.63) is 35.4 Å². The monoisotopic (exact) mass is 261 g/mol. The Bertz CT molecular complexity index is 450. The molecule has 1 aliphatic heterocycles. The summed E-state index contributed by atoms with van der Waals surface area (Å²) in [6.45, 7) is 1.41. The summed E-state index contributed by atoms with van der Waals surface area (Å²) in [4.78, 5) is 23.2. The maximum absolute atomic E-state index is 11.8. The van der Waals surface area contributed by atoms with E-state index in [-0.39, 0.29) is 17.9 Å². The van der Waals surface area contributed by atoms with Crippen molar-refractivity contribution in [2.45, 2.75) is 25.4 Å². The summed E-state index contributed by atoms with van der Waals surface area (Å²) in [7, 11) is 1.60. The van der Waals surface area contributed by atoms with Crippen molar-refractivity contribution >= 4 is 11.8 Å². The number of benzene rings is 1. The van der Waals surface area contributed by atoms with E-state index in [1.807, 2.05) is 12.1 Å². The Balaban J connectivity index is 1.85. The van der Waals surface area contributed by atoms with Gasteiger partial charge >= 0.3 is 0 Å². The maximum atomic E-state index is 11.8. The SMILES string of the molecule is CNC(=O)c1ccc(CNC(=O)[C@@H]2CCCN2)cc1. The number of carbonyl (C=O) groups is 2. The quantitative estimate of drug-likeness (QED) is 0.735. The van der Waals surface area contributed by atoms with Gasteiger partial charge in [0.15, 0.2) is 0 Å². The van der Waals surface area contributed by atoms with E-state index in [1.54, 1.807) is 19.2 Å². The van der Waals surface area contributed by atoms with Crippen LogP contribution in [0, 0.1) is 0 Å². The van der Waals surface area contributed by atoms with Gasteiger partial charge in [0, 0.05) is 19.2 Å². The molecule has 1 fully saturated rings. The summed E-state index contributed by atoms with van der Waals surface area (Å²) in [5, 5.41) is 8.63. The molecule has 0 spiro atoms. The standard InChI is InChI=1S/C14H19N3O2/c1-15-13(18)11-6-4-10(5-7-11)9-17-14(19)12-3-2-8-16-12/h4-7,12,16H,2-3,8-9H2,1H3,(H,15,18)(H,17,19)/t12-/m0/s1. The number of amides is 2. The lowest BCUT2D eigenvalue weighted by Crippen LogP contribution is -2.39. The molecule has 1 aromatic carbocycles. The number of hydrogen-bond donors (Lipinski definition) is 3. The van der Waals surface area contributed by atoms with Crippen LogP contribution in [-0.4, -0.2) is 31.4 Å². The topological polar surface area (TPSA) is 70.2 Å². The first kappa shape index (κ1) is 13.5. The number of rotatable bonds is 4. The average Bonchev–Trinajstić information content (AvgIpc) is 2.98. The van der Waals surface area contributed by atoms with E-state index in [1.165, 1.54) is 0 Å². The molecule has 0 radical (unpaired) electrons. The summed E-state index contributed by atoms with van der Waals surface area (Å²) < 4.78 is 0. The summed E-state index contributed by atoms with van der Waals surface area (Å²) in [5.41, 5.74) is 1.61. The molecular weight excluding hydrogens is 242 g/mol. The molecule has 0 saturated carbocycles. The lowest BCUT2D eigenvalue weighted by molar-refractivity contribution is -0.122. The Hall–Kier alpha value is -1.88. The Morgan fingerprint density at radius 3 is 2.63 bits per heavy atom. The lowest BCUT2D eigenvalue weighted by atomic mass is 10.1. The van der Waals surface area contributed by atoms with Crippen molar-refractivity contribution in [3.8, 4) is 0 Å². The molecule has 1 saturated heterocycles. The zero-order valence-electron chi connectivity index (χ0n) is 11.0. The normalized spacial score (nSPS) is 18.1. The smallest absolute Gasteiger partial charge is 0.251 e. The molecule has 1 aromatic rings. The van der Waals surface area contributed by atoms with Gasteiger partial charge in [-0.2, -0.15) is 0 Å². The van der Waals surface area contributed by atoms with E-state index >= 15 is 0 Å². The van der Waals surface area contributed by atoms with Gasteiger partial charge in [0.1, 0.15) is 0 Å². The molecule has 1 atom stereocenters. The Labute approximate surface area is 112 Å². The molecule has 0 aliphatic carbocycles. The highest BCUT2D eigenvalue weighted by atomic mass is 16.2. The third-order valence-electron chi connectivity index (χ3n) is 3.29. The van der Waals surface area contributed by atoms with Gasteiger partial charge in [0.25, 0.3) is 5.91 Å². The van der Waals surface area contributed by atoms with Gasteiger partial charge in [-0.1, -0.05) is 12.1 Å². The Morgan fingerprint density at radius 1 is 1.32 bits per heavy atom. The fourth-order valence-corrected chi connectivity index (χ4v) is 2.14. The maximum Gasteiger partial charge on any atom is 0.251 e. The lowest BCUT2D eigenvalue weighted by Gasteiger charge is -2.11. The van der Waals surface area contributed by atoms with Crippen LogP contribution >= 0.6 is 0 Å². The van der Waals surface area contributed by atoms with Crippen molar-refractivity contribution in [1.29, 1.82) is 0 Å². The minimum absolute atomic E-state index is 0.0490. The van der Waals surface area contributed by atoms with Crippen molar-refractivity contribution in [1.82, 2.24) is 16.0 Å². The van der Waals surface area contributed by atoms with E-state index in [4.69, 9.17) is 0 Å². The summed E-state index contributed by atoms with van der Waals surface area (Å²) in [6, 6.07) is 7.17. The molecule has 0 aromatic heterocycles.